The van der Waals surface area contributed by atoms with Crippen LogP contribution in [-0.4, -0.2) is 16.9 Å². The van der Waals surface area contributed by atoms with Crippen molar-refractivity contribution in [3.05, 3.63) is 107 Å². The first-order valence-electron chi connectivity index (χ1n) is 9.62. The van der Waals surface area contributed by atoms with Crippen LogP contribution in [0.25, 0.3) is 6.08 Å². The van der Waals surface area contributed by atoms with Crippen LogP contribution in [0, 0.1) is 0 Å². The van der Waals surface area contributed by atoms with E-state index in [1.54, 1.807) is 48.5 Å². The summed E-state index contributed by atoms with van der Waals surface area (Å²) in [5.74, 6) is -0.506. The largest absolute Gasteiger partial charge is 0.488 e. The van der Waals surface area contributed by atoms with E-state index in [1.165, 1.54) is 6.08 Å². The van der Waals surface area contributed by atoms with E-state index in [0.717, 1.165) is 5.56 Å². The van der Waals surface area contributed by atoms with Gasteiger partial charge >= 0.3 is 0 Å². The Balaban J connectivity index is 1.51. The third-order valence-electron chi connectivity index (χ3n) is 4.21. The van der Waals surface area contributed by atoms with Crippen molar-refractivity contribution >= 4 is 46.8 Å². The minimum absolute atomic E-state index is 0.0603. The highest BCUT2D eigenvalue weighted by molar-refractivity contribution is 7.80. The van der Waals surface area contributed by atoms with Gasteiger partial charge in [0.1, 0.15) is 12.4 Å². The van der Waals surface area contributed by atoms with Gasteiger partial charge in [0.15, 0.2) is 5.11 Å². The van der Waals surface area contributed by atoms with Gasteiger partial charge in [-0.15, -0.1) is 0 Å². The zero-order chi connectivity index (χ0) is 22.8. The van der Waals surface area contributed by atoms with Crippen LogP contribution in [0.2, 0.25) is 5.02 Å². The van der Waals surface area contributed by atoms with Gasteiger partial charge in [-0.05, 0) is 47.6 Å². The van der Waals surface area contributed by atoms with Crippen molar-refractivity contribution in [2.75, 3.05) is 0 Å². The number of benzene rings is 3. The molecule has 6 nitrogen and oxygen atoms in total. The normalized spacial score (nSPS) is 10.4. The standard InChI is InChI=1S/C24H20ClN3O3S/c25-20-12-6-4-10-18(20)14-15-22(29)26-24(32)28-27-23(30)19-11-5-7-13-21(19)31-16-17-8-2-1-3-9-17/h1-15H,16H2,(H,27,30)(H2,26,28,29,32)/b15-14+. The lowest BCUT2D eigenvalue weighted by Crippen LogP contribution is -2.48. The maximum absolute atomic E-state index is 12.6. The van der Waals surface area contributed by atoms with Gasteiger partial charge in [0.25, 0.3) is 5.91 Å². The minimum Gasteiger partial charge on any atom is -0.488 e. The highest BCUT2D eigenvalue weighted by Crippen LogP contribution is 2.19. The molecule has 3 rings (SSSR count). The molecule has 0 atom stereocenters. The Morgan fingerprint density at radius 1 is 0.906 bits per heavy atom. The highest BCUT2D eigenvalue weighted by Gasteiger charge is 2.13. The predicted octanol–water partition coefficient (Wildman–Crippen LogP) is 4.27. The smallest absolute Gasteiger partial charge is 0.273 e. The van der Waals surface area contributed by atoms with Gasteiger partial charge in [0.05, 0.1) is 5.56 Å². The maximum Gasteiger partial charge on any atom is 0.273 e. The van der Waals surface area contributed by atoms with Gasteiger partial charge in [-0.3, -0.25) is 25.8 Å². The second-order valence-corrected chi connectivity index (χ2v) is 7.34. The summed E-state index contributed by atoms with van der Waals surface area (Å²) in [6, 6.07) is 23.6. The highest BCUT2D eigenvalue weighted by atomic mass is 35.5. The average Bonchev–Trinajstić information content (AvgIpc) is 2.81. The molecule has 8 heteroatoms. The number of halogens is 1. The van der Waals surface area contributed by atoms with E-state index >= 15 is 0 Å². The van der Waals surface area contributed by atoms with Crippen molar-refractivity contribution in [1.82, 2.24) is 16.2 Å². The second kappa shape index (κ2) is 11.6. The molecule has 0 radical (unpaired) electrons. The number of hydrogen-bond donors (Lipinski definition) is 3. The number of thiocarbonyl (C=S) groups is 1. The predicted molar refractivity (Wildman–Crippen MR) is 129 cm³/mol. The fraction of sp³-hybridized carbons (Fsp3) is 0.0417. The molecule has 0 aromatic heterocycles. The first kappa shape index (κ1) is 23.0. The summed E-state index contributed by atoms with van der Waals surface area (Å²) in [6.45, 7) is 0.324. The molecule has 0 aliphatic rings. The molecule has 0 spiro atoms. The lowest BCUT2D eigenvalue weighted by Gasteiger charge is -2.13. The summed E-state index contributed by atoms with van der Waals surface area (Å²) >= 11 is 11.1. The third kappa shape index (κ3) is 6.94. The van der Waals surface area contributed by atoms with Crippen molar-refractivity contribution in [1.29, 1.82) is 0 Å². The van der Waals surface area contributed by atoms with Gasteiger partial charge in [-0.2, -0.15) is 0 Å². The molecule has 0 heterocycles. The molecule has 3 N–H and O–H groups in total. The molecule has 0 bridgehead atoms. The Labute approximate surface area is 196 Å². The van der Waals surface area contributed by atoms with Crippen LogP contribution in [-0.2, 0) is 11.4 Å². The molecule has 0 aliphatic carbocycles. The van der Waals surface area contributed by atoms with E-state index in [9.17, 15) is 9.59 Å². The van der Waals surface area contributed by atoms with Gasteiger partial charge in [-0.1, -0.05) is 72.3 Å². The molecule has 0 aliphatic heterocycles. The van der Waals surface area contributed by atoms with E-state index in [0.29, 0.717) is 28.5 Å². The number of carbonyl (C=O) groups excluding carboxylic acids is 2. The fourth-order valence-electron chi connectivity index (χ4n) is 2.66. The maximum atomic E-state index is 12.6. The molecule has 3 aromatic carbocycles. The molecule has 162 valence electrons. The van der Waals surface area contributed by atoms with E-state index < -0.39 is 11.8 Å². The van der Waals surface area contributed by atoms with Crippen molar-refractivity contribution in [3.8, 4) is 5.75 Å². The lowest BCUT2D eigenvalue weighted by atomic mass is 10.2. The fourth-order valence-corrected chi connectivity index (χ4v) is 3.01. The first-order valence-corrected chi connectivity index (χ1v) is 10.4. The topological polar surface area (TPSA) is 79.5 Å². The number of amides is 2. The van der Waals surface area contributed by atoms with Gasteiger partial charge < -0.3 is 4.74 Å². The van der Waals surface area contributed by atoms with Gasteiger partial charge in [0, 0.05) is 11.1 Å². The van der Waals surface area contributed by atoms with E-state index in [4.69, 9.17) is 28.6 Å². The number of rotatable bonds is 6. The number of para-hydroxylation sites is 1. The van der Waals surface area contributed by atoms with Crippen molar-refractivity contribution < 1.29 is 14.3 Å². The Kier molecular flexibility index (Phi) is 8.36. The molecule has 0 fully saturated rings. The SMILES string of the molecule is O=C(/C=C/c1ccccc1Cl)NC(=S)NNC(=O)c1ccccc1OCc1ccccc1. The Hall–Kier alpha value is -3.68. The second-order valence-electron chi connectivity index (χ2n) is 6.52. The van der Waals surface area contributed by atoms with Gasteiger partial charge in [0.2, 0.25) is 5.91 Å². The molecular formula is C24H20ClN3O3S. The van der Waals surface area contributed by atoms with Crippen LogP contribution < -0.4 is 20.9 Å². The zero-order valence-corrected chi connectivity index (χ0v) is 18.5. The summed E-state index contributed by atoms with van der Waals surface area (Å²) in [4.78, 5) is 24.6. The Bertz CT molecular complexity index is 1140. The number of nitrogens with one attached hydrogen (secondary N) is 3. The molecular weight excluding hydrogens is 446 g/mol. The summed E-state index contributed by atoms with van der Waals surface area (Å²) in [5.41, 5.74) is 6.96. The van der Waals surface area contributed by atoms with Crippen molar-refractivity contribution in [2.24, 2.45) is 0 Å². The lowest BCUT2D eigenvalue weighted by molar-refractivity contribution is -0.115. The molecule has 0 saturated heterocycles. The van der Waals surface area contributed by atoms with Crippen LogP contribution in [0.15, 0.2) is 84.9 Å². The first-order chi connectivity index (χ1) is 15.5. The van der Waals surface area contributed by atoms with Crippen molar-refractivity contribution in [3.63, 3.8) is 0 Å². The summed E-state index contributed by atoms with van der Waals surface area (Å²) in [5, 5.41) is 2.91. The zero-order valence-electron chi connectivity index (χ0n) is 16.9. The number of carbonyl (C=O) groups is 2. The van der Waals surface area contributed by atoms with Gasteiger partial charge in [-0.25, -0.2) is 0 Å². The summed E-state index contributed by atoms with van der Waals surface area (Å²) in [6.07, 6.45) is 2.86. The molecule has 2 amide bonds. The molecule has 0 saturated carbocycles. The number of hydrazine groups is 1. The third-order valence-corrected chi connectivity index (χ3v) is 4.76. The Morgan fingerprint density at radius 2 is 1.59 bits per heavy atom. The monoisotopic (exact) mass is 465 g/mol. The average molecular weight is 466 g/mol. The molecule has 3 aromatic rings. The molecule has 0 unspecified atom stereocenters. The van der Waals surface area contributed by atoms with E-state index in [-0.39, 0.29) is 5.11 Å². The van der Waals surface area contributed by atoms with E-state index in [1.807, 2.05) is 36.4 Å². The minimum atomic E-state index is -0.469. The Morgan fingerprint density at radius 3 is 2.38 bits per heavy atom. The number of ether oxygens (including phenoxy) is 1. The quantitative estimate of drug-likeness (QED) is 0.288. The van der Waals surface area contributed by atoms with Crippen LogP contribution in [0.5, 0.6) is 5.75 Å². The van der Waals surface area contributed by atoms with E-state index in [2.05, 4.69) is 16.2 Å². The summed E-state index contributed by atoms with van der Waals surface area (Å²) < 4.78 is 5.79. The number of hydrogen-bond acceptors (Lipinski definition) is 4. The van der Waals surface area contributed by atoms with Crippen LogP contribution >= 0.6 is 23.8 Å². The van der Waals surface area contributed by atoms with Crippen LogP contribution in [0.1, 0.15) is 21.5 Å². The summed E-state index contributed by atoms with van der Waals surface area (Å²) in [7, 11) is 0. The van der Waals surface area contributed by atoms with Crippen molar-refractivity contribution in [2.45, 2.75) is 6.61 Å². The molecule has 32 heavy (non-hydrogen) atoms. The van der Waals surface area contributed by atoms with Crippen LogP contribution in [0.4, 0.5) is 0 Å². The van der Waals surface area contributed by atoms with Crippen LogP contribution in [0.3, 0.4) is 0 Å².